The zero-order valence-corrected chi connectivity index (χ0v) is 10.9. The molecule has 18 heavy (non-hydrogen) atoms. The van der Waals surface area contributed by atoms with Gasteiger partial charge in [-0.1, -0.05) is 13.0 Å². The third-order valence-corrected chi connectivity index (χ3v) is 2.46. The standard InChI is InChI=1S/C13H19NO4/c1-4-14-12(13(16)17-3)9-6-7-10(15)11(8-9)18-5-2/h6-8,12,14-15H,4-5H2,1-3H3. The first kappa shape index (κ1) is 14.3. The first-order valence-electron chi connectivity index (χ1n) is 5.90. The van der Waals surface area contributed by atoms with E-state index in [0.717, 1.165) is 0 Å². The van der Waals surface area contributed by atoms with Crippen LogP contribution in [0.5, 0.6) is 11.5 Å². The van der Waals surface area contributed by atoms with Crippen LogP contribution in [0.1, 0.15) is 25.5 Å². The predicted octanol–water partition coefficient (Wildman–Crippen LogP) is 1.61. The van der Waals surface area contributed by atoms with E-state index in [0.29, 0.717) is 24.5 Å². The molecule has 1 rings (SSSR count). The minimum atomic E-state index is -0.556. The monoisotopic (exact) mass is 253 g/mol. The predicted molar refractivity (Wildman–Crippen MR) is 67.7 cm³/mol. The van der Waals surface area contributed by atoms with Crippen LogP contribution in [0.15, 0.2) is 18.2 Å². The first-order chi connectivity index (χ1) is 8.63. The van der Waals surface area contributed by atoms with Gasteiger partial charge < -0.3 is 19.9 Å². The highest BCUT2D eigenvalue weighted by atomic mass is 16.5. The minimum absolute atomic E-state index is 0.0562. The Hall–Kier alpha value is -1.75. The first-order valence-corrected chi connectivity index (χ1v) is 5.90. The van der Waals surface area contributed by atoms with Gasteiger partial charge in [0.05, 0.1) is 13.7 Å². The Bertz CT molecular complexity index is 406. The summed E-state index contributed by atoms with van der Waals surface area (Å²) in [6, 6.07) is 4.26. The molecular formula is C13H19NO4. The molecule has 0 heterocycles. The Labute approximate surface area is 107 Å². The summed E-state index contributed by atoms with van der Waals surface area (Å²) in [5, 5.41) is 12.6. The molecule has 0 amide bonds. The summed E-state index contributed by atoms with van der Waals surface area (Å²) >= 11 is 0. The van der Waals surface area contributed by atoms with Gasteiger partial charge in [-0.3, -0.25) is 0 Å². The van der Waals surface area contributed by atoms with Crippen LogP contribution in [-0.4, -0.2) is 31.3 Å². The molecule has 1 atom stereocenters. The summed E-state index contributed by atoms with van der Waals surface area (Å²) in [5.41, 5.74) is 0.699. The van der Waals surface area contributed by atoms with Gasteiger partial charge in [0.2, 0.25) is 0 Å². The maximum Gasteiger partial charge on any atom is 0.327 e. The average molecular weight is 253 g/mol. The molecule has 100 valence electrons. The number of ether oxygens (including phenoxy) is 2. The number of phenolic OH excluding ortho intramolecular Hbond substituents is 1. The van der Waals surface area contributed by atoms with Crippen molar-refractivity contribution >= 4 is 5.97 Å². The van der Waals surface area contributed by atoms with Gasteiger partial charge in [-0.15, -0.1) is 0 Å². The second-order valence-electron chi connectivity index (χ2n) is 3.67. The number of hydrogen-bond donors (Lipinski definition) is 2. The summed E-state index contributed by atoms with van der Waals surface area (Å²) in [5.74, 6) is 0.0486. The number of methoxy groups -OCH3 is 1. The second-order valence-corrected chi connectivity index (χ2v) is 3.67. The van der Waals surface area contributed by atoms with Crippen molar-refractivity contribution in [3.05, 3.63) is 23.8 Å². The highest BCUT2D eigenvalue weighted by Crippen LogP contribution is 2.29. The van der Waals surface area contributed by atoms with Crippen LogP contribution < -0.4 is 10.1 Å². The average Bonchev–Trinajstić information content (AvgIpc) is 2.38. The lowest BCUT2D eigenvalue weighted by atomic mass is 10.1. The molecule has 2 N–H and O–H groups in total. The van der Waals surface area contributed by atoms with Gasteiger partial charge in [0.1, 0.15) is 6.04 Å². The van der Waals surface area contributed by atoms with E-state index < -0.39 is 6.04 Å². The Morgan fingerprint density at radius 2 is 2.17 bits per heavy atom. The minimum Gasteiger partial charge on any atom is -0.504 e. The number of carbonyl (C=O) groups is 1. The van der Waals surface area contributed by atoms with Crippen molar-refractivity contribution in [1.29, 1.82) is 0 Å². The van der Waals surface area contributed by atoms with Crippen molar-refractivity contribution in [1.82, 2.24) is 5.32 Å². The molecule has 5 heteroatoms. The molecule has 0 saturated carbocycles. The maximum atomic E-state index is 11.7. The largest absolute Gasteiger partial charge is 0.504 e. The fourth-order valence-corrected chi connectivity index (χ4v) is 1.64. The van der Waals surface area contributed by atoms with Crippen LogP contribution in [0.25, 0.3) is 0 Å². The van der Waals surface area contributed by atoms with Gasteiger partial charge in [-0.05, 0) is 31.2 Å². The molecule has 0 spiro atoms. The van der Waals surface area contributed by atoms with Crippen molar-refractivity contribution in [3.63, 3.8) is 0 Å². The Morgan fingerprint density at radius 1 is 1.44 bits per heavy atom. The van der Waals surface area contributed by atoms with Crippen LogP contribution in [0.2, 0.25) is 0 Å². The lowest BCUT2D eigenvalue weighted by Crippen LogP contribution is -2.29. The summed E-state index contributed by atoms with van der Waals surface area (Å²) < 4.78 is 10.0. The van der Waals surface area contributed by atoms with Gasteiger partial charge in [0.25, 0.3) is 0 Å². The van der Waals surface area contributed by atoms with Gasteiger partial charge in [0, 0.05) is 0 Å². The molecule has 0 radical (unpaired) electrons. The zero-order chi connectivity index (χ0) is 13.5. The molecule has 0 aromatic heterocycles. The van der Waals surface area contributed by atoms with Crippen LogP contribution in [0.4, 0.5) is 0 Å². The molecule has 0 bridgehead atoms. The van der Waals surface area contributed by atoms with Crippen LogP contribution in [-0.2, 0) is 9.53 Å². The second kappa shape index (κ2) is 6.86. The molecule has 0 aliphatic heterocycles. The molecule has 1 aromatic carbocycles. The van der Waals surface area contributed by atoms with E-state index in [1.165, 1.54) is 13.2 Å². The SMILES string of the molecule is CCNC(C(=O)OC)c1ccc(O)c(OCC)c1. The Balaban J connectivity index is 3.04. The van der Waals surface area contributed by atoms with Crippen molar-refractivity contribution in [2.24, 2.45) is 0 Å². The molecule has 0 aliphatic carbocycles. The highest BCUT2D eigenvalue weighted by Gasteiger charge is 2.21. The number of likely N-dealkylation sites (N-methyl/N-ethyl adjacent to an activating group) is 1. The fraction of sp³-hybridized carbons (Fsp3) is 0.462. The Morgan fingerprint density at radius 3 is 2.72 bits per heavy atom. The van der Waals surface area contributed by atoms with E-state index in [1.807, 2.05) is 13.8 Å². The summed E-state index contributed by atoms with van der Waals surface area (Å²) in [7, 11) is 1.34. The van der Waals surface area contributed by atoms with E-state index in [4.69, 9.17) is 9.47 Å². The van der Waals surface area contributed by atoms with Crippen molar-refractivity contribution < 1.29 is 19.4 Å². The molecule has 0 aliphatic rings. The van der Waals surface area contributed by atoms with Crippen LogP contribution in [0, 0.1) is 0 Å². The van der Waals surface area contributed by atoms with E-state index in [1.54, 1.807) is 12.1 Å². The topological polar surface area (TPSA) is 67.8 Å². The van der Waals surface area contributed by atoms with Gasteiger partial charge in [0.15, 0.2) is 11.5 Å². The normalized spacial score (nSPS) is 11.9. The van der Waals surface area contributed by atoms with Gasteiger partial charge in [-0.25, -0.2) is 4.79 Å². The van der Waals surface area contributed by atoms with E-state index >= 15 is 0 Å². The number of nitrogens with one attached hydrogen (secondary N) is 1. The summed E-state index contributed by atoms with van der Waals surface area (Å²) in [6.07, 6.45) is 0. The molecule has 1 unspecified atom stereocenters. The fourth-order valence-electron chi connectivity index (χ4n) is 1.64. The lowest BCUT2D eigenvalue weighted by Gasteiger charge is -2.17. The van der Waals surface area contributed by atoms with E-state index in [9.17, 15) is 9.90 Å². The Kier molecular flexibility index (Phi) is 5.45. The summed E-state index contributed by atoms with van der Waals surface area (Å²) in [6.45, 7) is 4.81. The molecule has 5 nitrogen and oxygen atoms in total. The summed E-state index contributed by atoms with van der Waals surface area (Å²) in [4.78, 5) is 11.7. The van der Waals surface area contributed by atoms with Gasteiger partial charge >= 0.3 is 5.97 Å². The molecule has 0 saturated heterocycles. The number of aromatic hydroxyl groups is 1. The van der Waals surface area contributed by atoms with Crippen LogP contribution >= 0.6 is 0 Å². The third-order valence-electron chi connectivity index (χ3n) is 2.46. The zero-order valence-electron chi connectivity index (χ0n) is 10.9. The lowest BCUT2D eigenvalue weighted by molar-refractivity contribution is -0.143. The quantitative estimate of drug-likeness (QED) is 0.754. The highest BCUT2D eigenvalue weighted by molar-refractivity contribution is 5.77. The van der Waals surface area contributed by atoms with Crippen molar-refractivity contribution in [2.75, 3.05) is 20.3 Å². The van der Waals surface area contributed by atoms with E-state index in [-0.39, 0.29) is 11.7 Å². The number of phenols is 1. The van der Waals surface area contributed by atoms with E-state index in [2.05, 4.69) is 5.32 Å². The number of esters is 1. The number of benzene rings is 1. The van der Waals surface area contributed by atoms with Crippen LogP contribution in [0.3, 0.4) is 0 Å². The third kappa shape index (κ3) is 3.37. The number of carbonyl (C=O) groups excluding carboxylic acids is 1. The molecular weight excluding hydrogens is 234 g/mol. The molecule has 0 fully saturated rings. The number of rotatable bonds is 6. The van der Waals surface area contributed by atoms with Crippen molar-refractivity contribution in [2.45, 2.75) is 19.9 Å². The van der Waals surface area contributed by atoms with Gasteiger partial charge in [-0.2, -0.15) is 0 Å². The van der Waals surface area contributed by atoms with Crippen molar-refractivity contribution in [3.8, 4) is 11.5 Å². The number of hydrogen-bond acceptors (Lipinski definition) is 5. The molecule has 1 aromatic rings. The maximum absolute atomic E-state index is 11.7. The smallest absolute Gasteiger partial charge is 0.327 e.